The Morgan fingerprint density at radius 2 is 1.67 bits per heavy atom. The van der Waals surface area contributed by atoms with Gasteiger partial charge in [0.2, 0.25) is 0 Å². The van der Waals surface area contributed by atoms with Crippen molar-refractivity contribution in [3.8, 4) is 0 Å². The SMILES string of the molecule is CCO[Si](CCCCCCC1CO1)(OCC)OC(C)CC. The zero-order valence-corrected chi connectivity index (χ0v) is 15.4. The van der Waals surface area contributed by atoms with Gasteiger partial charge in [0.05, 0.1) is 12.7 Å². The Morgan fingerprint density at radius 3 is 2.19 bits per heavy atom. The molecule has 126 valence electrons. The molecule has 0 aromatic heterocycles. The average molecular weight is 319 g/mol. The maximum Gasteiger partial charge on any atom is 0.501 e. The van der Waals surface area contributed by atoms with Crippen molar-refractivity contribution in [3.05, 3.63) is 0 Å². The topological polar surface area (TPSA) is 40.2 Å². The average Bonchev–Trinajstić information content (AvgIpc) is 3.27. The van der Waals surface area contributed by atoms with Crippen molar-refractivity contribution in [2.45, 2.75) is 84.5 Å². The highest BCUT2D eigenvalue weighted by molar-refractivity contribution is 6.60. The fourth-order valence-corrected chi connectivity index (χ4v) is 5.41. The lowest BCUT2D eigenvalue weighted by Crippen LogP contribution is -2.48. The smallest absolute Gasteiger partial charge is 0.374 e. The van der Waals surface area contributed by atoms with Gasteiger partial charge < -0.3 is 18.0 Å². The quantitative estimate of drug-likeness (QED) is 0.274. The van der Waals surface area contributed by atoms with Crippen LogP contribution in [0.1, 0.15) is 66.2 Å². The predicted molar refractivity (Wildman–Crippen MR) is 87.5 cm³/mol. The molecule has 0 aromatic carbocycles. The zero-order chi connectivity index (χ0) is 15.6. The lowest BCUT2D eigenvalue weighted by molar-refractivity contribution is 0.0366. The van der Waals surface area contributed by atoms with Crippen LogP contribution in [-0.4, -0.2) is 40.8 Å². The summed E-state index contributed by atoms with van der Waals surface area (Å²) in [6, 6.07) is 0.943. The largest absolute Gasteiger partial charge is 0.501 e. The van der Waals surface area contributed by atoms with Crippen molar-refractivity contribution < 1.29 is 18.0 Å². The van der Waals surface area contributed by atoms with Crippen molar-refractivity contribution in [3.63, 3.8) is 0 Å². The molecule has 0 aromatic rings. The summed E-state index contributed by atoms with van der Waals surface area (Å²) < 4.78 is 23.4. The van der Waals surface area contributed by atoms with E-state index in [4.69, 9.17) is 18.0 Å². The summed E-state index contributed by atoms with van der Waals surface area (Å²) in [4.78, 5) is 0. The fourth-order valence-electron chi connectivity index (χ4n) is 2.44. The molecule has 2 atom stereocenters. The molecule has 0 aliphatic carbocycles. The van der Waals surface area contributed by atoms with Crippen LogP contribution in [0.4, 0.5) is 0 Å². The maximum atomic E-state index is 6.20. The van der Waals surface area contributed by atoms with Gasteiger partial charge in [-0.1, -0.05) is 26.2 Å². The van der Waals surface area contributed by atoms with Crippen LogP contribution in [-0.2, 0) is 18.0 Å². The minimum Gasteiger partial charge on any atom is -0.374 e. The fraction of sp³-hybridized carbons (Fsp3) is 1.00. The number of ether oxygens (including phenoxy) is 1. The van der Waals surface area contributed by atoms with Gasteiger partial charge >= 0.3 is 8.80 Å². The standard InChI is InChI=1S/C16H34O4Si/c1-5-15(4)20-21(18-6-2,19-7-3)13-11-9-8-10-12-16-14-17-16/h15-16H,5-14H2,1-4H3. The van der Waals surface area contributed by atoms with E-state index in [9.17, 15) is 0 Å². The molecule has 0 saturated carbocycles. The van der Waals surface area contributed by atoms with Crippen LogP contribution in [0.2, 0.25) is 6.04 Å². The molecule has 0 spiro atoms. The summed E-state index contributed by atoms with van der Waals surface area (Å²) in [6.07, 6.45) is 7.90. The first-order valence-electron chi connectivity index (χ1n) is 8.73. The predicted octanol–water partition coefficient (Wildman–Crippen LogP) is 4.16. The van der Waals surface area contributed by atoms with Gasteiger partial charge in [-0.2, -0.15) is 0 Å². The van der Waals surface area contributed by atoms with Gasteiger partial charge in [-0.05, 0) is 40.0 Å². The lowest BCUT2D eigenvalue weighted by atomic mass is 10.1. The van der Waals surface area contributed by atoms with Gasteiger partial charge in [0, 0.05) is 25.4 Å². The Balaban J connectivity index is 2.30. The Kier molecular flexibility index (Phi) is 9.76. The van der Waals surface area contributed by atoms with Crippen molar-refractivity contribution in [1.29, 1.82) is 0 Å². The van der Waals surface area contributed by atoms with Crippen LogP contribution >= 0.6 is 0 Å². The molecule has 5 heteroatoms. The van der Waals surface area contributed by atoms with E-state index >= 15 is 0 Å². The van der Waals surface area contributed by atoms with E-state index in [2.05, 4.69) is 13.8 Å². The summed E-state index contributed by atoms with van der Waals surface area (Å²) in [5.41, 5.74) is 0. The molecular formula is C16H34O4Si. The van der Waals surface area contributed by atoms with Crippen molar-refractivity contribution >= 4 is 8.80 Å². The molecule has 0 bridgehead atoms. The number of rotatable bonds is 14. The van der Waals surface area contributed by atoms with Crippen molar-refractivity contribution in [2.75, 3.05) is 19.8 Å². The monoisotopic (exact) mass is 318 g/mol. The van der Waals surface area contributed by atoms with Crippen LogP contribution in [0.3, 0.4) is 0 Å². The van der Waals surface area contributed by atoms with Crippen LogP contribution in [0.25, 0.3) is 0 Å². The summed E-state index contributed by atoms with van der Waals surface area (Å²) >= 11 is 0. The highest BCUT2D eigenvalue weighted by atomic mass is 28.4. The zero-order valence-electron chi connectivity index (χ0n) is 14.4. The number of hydrogen-bond acceptors (Lipinski definition) is 4. The molecule has 0 N–H and O–H groups in total. The maximum absolute atomic E-state index is 6.20. The third-order valence-corrected chi connectivity index (χ3v) is 7.03. The highest BCUT2D eigenvalue weighted by Gasteiger charge is 2.41. The summed E-state index contributed by atoms with van der Waals surface area (Å²) in [5.74, 6) is 0. The van der Waals surface area contributed by atoms with Gasteiger partial charge in [0.15, 0.2) is 0 Å². The van der Waals surface area contributed by atoms with E-state index in [-0.39, 0.29) is 6.10 Å². The van der Waals surface area contributed by atoms with E-state index in [1.165, 1.54) is 25.7 Å². The first kappa shape index (κ1) is 19.1. The van der Waals surface area contributed by atoms with Crippen molar-refractivity contribution in [2.24, 2.45) is 0 Å². The van der Waals surface area contributed by atoms with E-state index in [1.54, 1.807) is 0 Å². The molecule has 1 fully saturated rings. The minimum atomic E-state index is -2.47. The van der Waals surface area contributed by atoms with E-state index < -0.39 is 8.80 Å². The molecule has 1 aliphatic heterocycles. The normalized spacial score (nSPS) is 19.7. The molecule has 4 nitrogen and oxygen atoms in total. The van der Waals surface area contributed by atoms with Crippen LogP contribution in [0.5, 0.6) is 0 Å². The minimum absolute atomic E-state index is 0.210. The molecular weight excluding hydrogens is 284 g/mol. The summed E-state index contributed by atoms with van der Waals surface area (Å²) in [6.45, 7) is 10.6. The second-order valence-corrected chi connectivity index (χ2v) is 8.47. The number of hydrogen-bond donors (Lipinski definition) is 0. The third-order valence-electron chi connectivity index (χ3n) is 3.85. The second-order valence-electron chi connectivity index (χ2n) is 5.79. The lowest BCUT2D eigenvalue weighted by Gasteiger charge is -2.31. The Morgan fingerprint density at radius 1 is 1.05 bits per heavy atom. The first-order chi connectivity index (χ1) is 10.2. The number of unbranched alkanes of at least 4 members (excludes halogenated alkanes) is 3. The van der Waals surface area contributed by atoms with Gasteiger partial charge in [-0.3, -0.25) is 0 Å². The summed E-state index contributed by atoms with van der Waals surface area (Å²) in [5, 5.41) is 0. The molecule has 0 radical (unpaired) electrons. The summed E-state index contributed by atoms with van der Waals surface area (Å²) in [7, 11) is -2.47. The molecule has 0 amide bonds. The van der Waals surface area contributed by atoms with E-state index in [1.807, 2.05) is 13.8 Å². The molecule has 1 saturated heterocycles. The van der Waals surface area contributed by atoms with Crippen LogP contribution in [0.15, 0.2) is 0 Å². The van der Waals surface area contributed by atoms with E-state index in [0.29, 0.717) is 19.3 Å². The molecule has 1 rings (SSSR count). The van der Waals surface area contributed by atoms with Crippen molar-refractivity contribution in [1.82, 2.24) is 0 Å². The Labute approximate surface area is 131 Å². The van der Waals surface area contributed by atoms with Gasteiger partial charge in [0.25, 0.3) is 0 Å². The van der Waals surface area contributed by atoms with Gasteiger partial charge in [0.1, 0.15) is 0 Å². The molecule has 1 heterocycles. The first-order valence-corrected chi connectivity index (χ1v) is 10.7. The Bertz CT molecular complexity index is 253. The van der Waals surface area contributed by atoms with E-state index in [0.717, 1.165) is 25.5 Å². The number of epoxide rings is 1. The molecule has 21 heavy (non-hydrogen) atoms. The third kappa shape index (κ3) is 8.31. The Hall–Kier alpha value is 0.0569. The van der Waals surface area contributed by atoms with Gasteiger partial charge in [-0.25, -0.2) is 0 Å². The highest BCUT2D eigenvalue weighted by Crippen LogP contribution is 2.24. The van der Waals surface area contributed by atoms with Crippen LogP contribution < -0.4 is 0 Å². The molecule has 2 unspecified atom stereocenters. The van der Waals surface area contributed by atoms with Crippen LogP contribution in [0, 0.1) is 0 Å². The molecule has 1 aliphatic rings. The second kappa shape index (κ2) is 10.7. The van der Waals surface area contributed by atoms with Gasteiger partial charge in [-0.15, -0.1) is 0 Å².